The first kappa shape index (κ1) is 28.7. The zero-order valence-corrected chi connectivity index (χ0v) is 26.0. The molecule has 2 aliphatic heterocycles. The average molecular weight is 626 g/mol. The molecule has 1 aromatic heterocycles. The molecule has 0 atom stereocenters. The number of hydrogen-bond acceptors (Lipinski definition) is 5. The van der Waals surface area contributed by atoms with E-state index in [4.69, 9.17) is 36.6 Å². The molecule has 0 bridgehead atoms. The maximum atomic E-state index is 6.49. The molecule has 8 rings (SSSR count). The van der Waals surface area contributed by atoms with Gasteiger partial charge in [-0.1, -0.05) is 151 Å². The van der Waals surface area contributed by atoms with Crippen LogP contribution in [0.5, 0.6) is 0 Å². The highest BCUT2D eigenvalue weighted by Gasteiger charge is 2.61. The molecule has 6 heteroatoms. The molecule has 3 heterocycles. The molecule has 47 heavy (non-hydrogen) atoms. The normalized spacial score (nSPS) is 16.2. The number of benzene rings is 5. The van der Waals surface area contributed by atoms with Crippen molar-refractivity contribution in [3.05, 3.63) is 209 Å². The van der Waals surface area contributed by atoms with Gasteiger partial charge in [0.2, 0.25) is 11.3 Å². The van der Waals surface area contributed by atoms with E-state index < -0.39 is 11.3 Å². The fourth-order valence-corrected chi connectivity index (χ4v) is 6.41. The molecule has 0 aliphatic carbocycles. The second kappa shape index (κ2) is 11.9. The lowest BCUT2D eigenvalue weighted by atomic mass is 9.84. The van der Waals surface area contributed by atoms with E-state index in [-0.39, 0.29) is 0 Å². The van der Waals surface area contributed by atoms with Gasteiger partial charge in [-0.3, -0.25) is 4.98 Å². The van der Waals surface area contributed by atoms with E-state index >= 15 is 0 Å². The first-order chi connectivity index (χ1) is 23.2. The summed E-state index contributed by atoms with van der Waals surface area (Å²) in [6.07, 6.45) is 1.78. The van der Waals surface area contributed by atoms with Crippen molar-refractivity contribution in [1.82, 2.24) is 4.98 Å². The van der Waals surface area contributed by atoms with Crippen molar-refractivity contribution in [2.75, 3.05) is 0 Å². The van der Waals surface area contributed by atoms with Crippen molar-refractivity contribution < 1.29 is 0 Å². The SMILES string of the molecule is Clc1ccc(C2(C3(c4ccccn4)N=C(c4ccccc4)C(c4ccccc4)=N3)N=C(c3ccccc3)C(c3ccccc3)=N2)cc1. The summed E-state index contributed by atoms with van der Waals surface area (Å²) in [5, 5.41) is 0.613. The Morgan fingerprint density at radius 1 is 0.362 bits per heavy atom. The summed E-state index contributed by atoms with van der Waals surface area (Å²) in [6.45, 7) is 0. The van der Waals surface area contributed by atoms with Gasteiger partial charge in [-0.25, -0.2) is 20.0 Å². The molecule has 224 valence electrons. The van der Waals surface area contributed by atoms with Gasteiger partial charge in [0.1, 0.15) is 0 Å². The largest absolute Gasteiger partial charge is 0.256 e. The molecule has 2 aliphatic rings. The molecule has 0 fully saturated rings. The topological polar surface area (TPSA) is 62.3 Å². The molecular formula is C41H28ClN5. The van der Waals surface area contributed by atoms with Gasteiger partial charge in [0.25, 0.3) is 0 Å². The number of aromatic nitrogens is 1. The average Bonchev–Trinajstić information content (AvgIpc) is 3.77. The van der Waals surface area contributed by atoms with Crippen molar-refractivity contribution in [2.24, 2.45) is 20.0 Å². The van der Waals surface area contributed by atoms with Gasteiger partial charge in [0.15, 0.2) is 0 Å². The van der Waals surface area contributed by atoms with Crippen molar-refractivity contribution in [2.45, 2.75) is 11.3 Å². The van der Waals surface area contributed by atoms with Crippen molar-refractivity contribution in [3.8, 4) is 0 Å². The lowest BCUT2D eigenvalue weighted by molar-refractivity contribution is 0.250. The zero-order valence-electron chi connectivity index (χ0n) is 25.3. The van der Waals surface area contributed by atoms with E-state index in [0.717, 1.165) is 50.7 Å². The molecule has 0 saturated carbocycles. The molecule has 0 saturated heterocycles. The van der Waals surface area contributed by atoms with E-state index in [1.165, 1.54) is 0 Å². The summed E-state index contributed by atoms with van der Waals surface area (Å²) >= 11 is 6.49. The van der Waals surface area contributed by atoms with Crippen molar-refractivity contribution in [1.29, 1.82) is 0 Å². The van der Waals surface area contributed by atoms with Gasteiger partial charge >= 0.3 is 0 Å². The summed E-state index contributed by atoms with van der Waals surface area (Å²) in [6, 6.07) is 54.2. The van der Waals surface area contributed by atoms with Crippen molar-refractivity contribution in [3.63, 3.8) is 0 Å². The van der Waals surface area contributed by atoms with Crippen LogP contribution in [0.2, 0.25) is 5.02 Å². The minimum absolute atomic E-state index is 0.613. The fourth-order valence-electron chi connectivity index (χ4n) is 6.28. The van der Waals surface area contributed by atoms with E-state index in [1.54, 1.807) is 6.20 Å². The predicted molar refractivity (Wildman–Crippen MR) is 191 cm³/mol. The van der Waals surface area contributed by atoms with E-state index in [2.05, 4.69) is 48.5 Å². The quantitative estimate of drug-likeness (QED) is 0.175. The molecule has 5 aromatic carbocycles. The third-order valence-corrected chi connectivity index (χ3v) is 8.74. The number of aliphatic imine (C=N–C) groups is 4. The Bertz CT molecular complexity index is 2050. The van der Waals surface area contributed by atoms with Gasteiger partial charge in [0.05, 0.1) is 28.5 Å². The summed E-state index contributed by atoms with van der Waals surface area (Å²) in [5.41, 5.74) is 5.38. The van der Waals surface area contributed by atoms with Crippen LogP contribution in [0.25, 0.3) is 0 Å². The molecule has 5 nitrogen and oxygen atoms in total. The van der Waals surface area contributed by atoms with Crippen LogP contribution < -0.4 is 0 Å². The summed E-state index contributed by atoms with van der Waals surface area (Å²) < 4.78 is 0. The van der Waals surface area contributed by atoms with Gasteiger partial charge in [-0.15, -0.1) is 0 Å². The maximum absolute atomic E-state index is 6.49. The van der Waals surface area contributed by atoms with E-state index in [9.17, 15) is 0 Å². The molecule has 0 N–H and O–H groups in total. The summed E-state index contributed by atoms with van der Waals surface area (Å²) in [7, 11) is 0. The third-order valence-electron chi connectivity index (χ3n) is 8.49. The van der Waals surface area contributed by atoms with E-state index in [0.29, 0.717) is 10.7 Å². The third kappa shape index (κ3) is 4.93. The first-order valence-electron chi connectivity index (χ1n) is 15.5. The van der Waals surface area contributed by atoms with Gasteiger partial charge in [-0.2, -0.15) is 0 Å². The monoisotopic (exact) mass is 625 g/mol. The van der Waals surface area contributed by atoms with Crippen LogP contribution >= 0.6 is 11.6 Å². The smallest absolute Gasteiger partial charge is 0.243 e. The van der Waals surface area contributed by atoms with Crippen LogP contribution in [0, 0.1) is 0 Å². The summed E-state index contributed by atoms with van der Waals surface area (Å²) in [5.74, 6) is 0. The molecule has 6 aromatic rings. The molecule has 0 spiro atoms. The standard InChI is InChI=1S/C41H28ClN5/c42-34-26-24-33(25-27-34)40(44-36(29-15-5-1-6-16-29)37(45-40)30-17-7-2-8-18-30)41(35-23-13-14-28-43-35)46-38(31-19-9-3-10-20-31)39(47-41)32-21-11-4-12-22-32/h1-28H. The van der Waals surface area contributed by atoms with Gasteiger partial charge in [0, 0.05) is 39.0 Å². The highest BCUT2D eigenvalue weighted by atomic mass is 35.5. The lowest BCUT2D eigenvalue weighted by Gasteiger charge is -2.37. The van der Waals surface area contributed by atoms with Gasteiger partial charge < -0.3 is 0 Å². The Kier molecular flexibility index (Phi) is 7.24. The Morgan fingerprint density at radius 3 is 1.09 bits per heavy atom. The Morgan fingerprint density at radius 2 is 0.723 bits per heavy atom. The Labute approximate surface area is 278 Å². The first-order valence-corrected chi connectivity index (χ1v) is 15.8. The molecular weight excluding hydrogens is 598 g/mol. The van der Waals surface area contributed by atoms with Crippen LogP contribution in [0.15, 0.2) is 190 Å². The minimum Gasteiger partial charge on any atom is -0.256 e. The van der Waals surface area contributed by atoms with Crippen LogP contribution in [-0.4, -0.2) is 27.8 Å². The predicted octanol–water partition coefficient (Wildman–Crippen LogP) is 8.73. The Balaban J connectivity index is 1.52. The number of hydrogen-bond donors (Lipinski definition) is 0. The van der Waals surface area contributed by atoms with E-state index in [1.807, 2.05) is 115 Å². The molecule has 0 amide bonds. The second-order valence-electron chi connectivity index (χ2n) is 11.4. The maximum Gasteiger partial charge on any atom is 0.243 e. The lowest BCUT2D eigenvalue weighted by Crippen LogP contribution is -2.43. The second-order valence-corrected chi connectivity index (χ2v) is 11.8. The van der Waals surface area contributed by atoms with Gasteiger partial charge in [-0.05, 0) is 24.3 Å². The Hall–Kier alpha value is -5.78. The molecule has 0 unspecified atom stereocenters. The minimum atomic E-state index is -1.42. The zero-order chi connectivity index (χ0) is 31.7. The number of nitrogens with zero attached hydrogens (tertiary/aromatic N) is 5. The van der Waals surface area contributed by atoms with Crippen LogP contribution in [0.1, 0.15) is 33.5 Å². The van der Waals surface area contributed by atoms with Crippen LogP contribution in [0.4, 0.5) is 0 Å². The van der Waals surface area contributed by atoms with Crippen molar-refractivity contribution >= 4 is 34.4 Å². The number of halogens is 1. The molecule has 0 radical (unpaired) electrons. The highest BCUT2D eigenvalue weighted by molar-refractivity contribution is 6.55. The number of pyridine rings is 1. The van der Waals surface area contributed by atoms with Crippen LogP contribution in [-0.2, 0) is 11.3 Å². The highest BCUT2D eigenvalue weighted by Crippen LogP contribution is 2.54. The summed E-state index contributed by atoms with van der Waals surface area (Å²) in [4.78, 5) is 27.5. The van der Waals surface area contributed by atoms with Crippen LogP contribution in [0.3, 0.4) is 0 Å². The fraction of sp³-hybridized carbons (Fsp3) is 0.0488. The number of rotatable bonds is 7.